The summed E-state index contributed by atoms with van der Waals surface area (Å²) in [6.45, 7) is 1.98. The van der Waals surface area contributed by atoms with Crippen LogP contribution in [0, 0.1) is 0 Å². The summed E-state index contributed by atoms with van der Waals surface area (Å²) in [5, 5.41) is 0. The Hall–Kier alpha value is 0.272. The van der Waals surface area contributed by atoms with Gasteiger partial charge < -0.3 is 0 Å². The SMILES string of the molecule is C/C=C\[CH]=[Pd]. The topological polar surface area (TPSA) is 0 Å². The van der Waals surface area contributed by atoms with Gasteiger partial charge in [0.15, 0.2) is 0 Å². The first-order chi connectivity index (χ1) is 2.41. The van der Waals surface area contributed by atoms with Crippen LogP contribution in [-0.4, -0.2) is 4.49 Å². The molecule has 0 aromatic rings. The molecule has 0 saturated heterocycles. The Kier molecular flexibility index (Phi) is 4.51. The van der Waals surface area contributed by atoms with E-state index >= 15 is 0 Å². The Balaban J connectivity index is 2.92. The molecule has 0 nitrogen and oxygen atoms in total. The van der Waals surface area contributed by atoms with Crippen LogP contribution in [0.25, 0.3) is 0 Å². The van der Waals surface area contributed by atoms with Crippen molar-refractivity contribution in [1.29, 1.82) is 0 Å². The van der Waals surface area contributed by atoms with Gasteiger partial charge >= 0.3 is 42.3 Å². The van der Waals surface area contributed by atoms with Gasteiger partial charge in [-0.3, -0.25) is 0 Å². The van der Waals surface area contributed by atoms with Gasteiger partial charge in [-0.05, 0) is 0 Å². The molecule has 0 aliphatic carbocycles. The summed E-state index contributed by atoms with van der Waals surface area (Å²) >= 11 is 2.88. The quantitative estimate of drug-likeness (QED) is 0.501. The summed E-state index contributed by atoms with van der Waals surface area (Å²) < 4.78 is 1.85. The van der Waals surface area contributed by atoms with Crippen molar-refractivity contribution < 1.29 is 18.7 Å². The molecule has 0 radical (unpaired) electrons. The Morgan fingerprint density at radius 2 is 2.20 bits per heavy atom. The van der Waals surface area contributed by atoms with Crippen molar-refractivity contribution in [1.82, 2.24) is 0 Å². The van der Waals surface area contributed by atoms with Crippen molar-refractivity contribution in [2.45, 2.75) is 6.92 Å². The van der Waals surface area contributed by atoms with Crippen LogP contribution in [0.1, 0.15) is 6.92 Å². The summed E-state index contributed by atoms with van der Waals surface area (Å²) in [7, 11) is 0. The van der Waals surface area contributed by atoms with Gasteiger partial charge in [-0.1, -0.05) is 0 Å². The zero-order valence-corrected chi connectivity index (χ0v) is 4.60. The van der Waals surface area contributed by atoms with Crippen LogP contribution in [0.3, 0.4) is 0 Å². The van der Waals surface area contributed by atoms with Crippen LogP contribution in [0.5, 0.6) is 0 Å². The fraction of sp³-hybridized carbons (Fsp3) is 0.250. The predicted octanol–water partition coefficient (Wildman–Crippen LogP) is 0.911. The molecule has 0 spiro atoms. The molecule has 0 atom stereocenters. The molecule has 0 heterocycles. The minimum absolute atomic E-state index is 1.85. The number of allylic oxidation sites excluding steroid dienone is 2. The molecule has 5 heavy (non-hydrogen) atoms. The fourth-order valence-corrected chi connectivity index (χ4v) is 0.360. The van der Waals surface area contributed by atoms with Crippen LogP contribution in [0.15, 0.2) is 12.2 Å². The number of hydrogen-bond donors (Lipinski definition) is 0. The summed E-state index contributed by atoms with van der Waals surface area (Å²) in [5.74, 6) is 0. The zero-order valence-electron chi connectivity index (χ0n) is 3.05. The first kappa shape index (κ1) is 5.27. The van der Waals surface area contributed by atoms with E-state index in [-0.39, 0.29) is 0 Å². The third kappa shape index (κ3) is 4.27. The van der Waals surface area contributed by atoms with Gasteiger partial charge in [-0.2, -0.15) is 0 Å². The Morgan fingerprint density at radius 1 is 1.60 bits per heavy atom. The molecule has 0 bridgehead atoms. The molecule has 0 amide bonds. The molecule has 0 fully saturated rings. The summed E-state index contributed by atoms with van der Waals surface area (Å²) in [4.78, 5) is 0. The van der Waals surface area contributed by atoms with Gasteiger partial charge in [0.05, 0.1) is 0 Å². The number of rotatable bonds is 1. The molecule has 0 aromatic carbocycles. The van der Waals surface area contributed by atoms with Gasteiger partial charge in [-0.25, -0.2) is 0 Å². The molecular weight excluding hydrogens is 154 g/mol. The van der Waals surface area contributed by atoms with E-state index in [4.69, 9.17) is 0 Å². The van der Waals surface area contributed by atoms with Crippen LogP contribution >= 0.6 is 0 Å². The van der Waals surface area contributed by atoms with Crippen molar-refractivity contribution in [3.05, 3.63) is 12.2 Å². The Morgan fingerprint density at radius 3 is 2.20 bits per heavy atom. The summed E-state index contributed by atoms with van der Waals surface area (Å²) in [6, 6.07) is 0. The summed E-state index contributed by atoms with van der Waals surface area (Å²) in [6.07, 6.45) is 3.90. The van der Waals surface area contributed by atoms with Crippen molar-refractivity contribution >= 4 is 4.49 Å². The van der Waals surface area contributed by atoms with E-state index in [1.807, 2.05) is 23.6 Å². The molecule has 0 saturated carbocycles. The average Bonchev–Trinajstić information content (AvgIpc) is 1.41. The Bertz CT molecular complexity index is 45.6. The van der Waals surface area contributed by atoms with E-state index in [0.717, 1.165) is 0 Å². The molecule has 0 N–H and O–H groups in total. The standard InChI is InChI=1S/C4H6.Pd/c1-3-4-2;/h1,3-4H,2H3;/b4-3-;. The third-order valence-electron chi connectivity index (χ3n) is 0.253. The van der Waals surface area contributed by atoms with E-state index in [0.29, 0.717) is 0 Å². The minimum atomic E-state index is 1.85. The molecule has 0 unspecified atom stereocenters. The monoisotopic (exact) mass is 160 g/mol. The van der Waals surface area contributed by atoms with E-state index in [9.17, 15) is 0 Å². The van der Waals surface area contributed by atoms with Crippen molar-refractivity contribution in [3.8, 4) is 0 Å². The van der Waals surface area contributed by atoms with Crippen LogP contribution in [-0.2, 0) is 18.7 Å². The molecule has 0 rings (SSSR count). The molecule has 0 aliphatic heterocycles. The van der Waals surface area contributed by atoms with E-state index < -0.39 is 0 Å². The predicted molar refractivity (Wildman–Crippen MR) is 20.9 cm³/mol. The molecule has 32 valence electrons. The van der Waals surface area contributed by atoms with Gasteiger partial charge in [0, 0.05) is 0 Å². The maximum absolute atomic E-state index is 2.88. The second kappa shape index (κ2) is 4.27. The van der Waals surface area contributed by atoms with Crippen LogP contribution < -0.4 is 0 Å². The third-order valence-corrected chi connectivity index (χ3v) is 0.552. The van der Waals surface area contributed by atoms with Gasteiger partial charge in [0.25, 0.3) is 0 Å². The van der Waals surface area contributed by atoms with Gasteiger partial charge in [0.1, 0.15) is 0 Å². The van der Waals surface area contributed by atoms with Gasteiger partial charge in [-0.15, -0.1) is 0 Å². The second-order valence-corrected chi connectivity index (χ2v) is 1.15. The zero-order chi connectivity index (χ0) is 4.12. The molecule has 0 aliphatic rings. The summed E-state index contributed by atoms with van der Waals surface area (Å²) in [5.41, 5.74) is 0. The molecular formula is C4H6Pd. The average molecular weight is 161 g/mol. The maximum atomic E-state index is 2.88. The van der Waals surface area contributed by atoms with E-state index in [2.05, 4.69) is 18.7 Å². The van der Waals surface area contributed by atoms with Crippen molar-refractivity contribution in [3.63, 3.8) is 0 Å². The van der Waals surface area contributed by atoms with Crippen LogP contribution in [0.2, 0.25) is 0 Å². The normalized spacial score (nSPS) is 9.40. The first-order valence-corrected chi connectivity index (χ1v) is 2.32. The number of hydrogen-bond acceptors (Lipinski definition) is 0. The Labute approximate surface area is 42.8 Å². The van der Waals surface area contributed by atoms with Crippen molar-refractivity contribution in [2.75, 3.05) is 0 Å². The molecule has 1 heteroatoms. The van der Waals surface area contributed by atoms with Crippen LogP contribution in [0.4, 0.5) is 0 Å². The van der Waals surface area contributed by atoms with E-state index in [1.165, 1.54) is 0 Å². The molecule has 0 aromatic heterocycles. The first-order valence-electron chi connectivity index (χ1n) is 1.43. The second-order valence-electron chi connectivity index (χ2n) is 0.631. The van der Waals surface area contributed by atoms with Crippen molar-refractivity contribution in [2.24, 2.45) is 0 Å². The fourth-order valence-electron chi connectivity index (χ4n) is 0.0609. The van der Waals surface area contributed by atoms with Gasteiger partial charge in [0.2, 0.25) is 0 Å². The van der Waals surface area contributed by atoms with E-state index in [1.54, 1.807) is 0 Å².